The van der Waals surface area contributed by atoms with Gasteiger partial charge < -0.3 is 24.8 Å². The second-order valence-electron chi connectivity index (χ2n) is 5.86. The van der Waals surface area contributed by atoms with Gasteiger partial charge in [-0.1, -0.05) is 66.7 Å². The molecule has 0 aliphatic carbocycles. The van der Waals surface area contributed by atoms with Crippen LogP contribution in [0.5, 0.6) is 0 Å². The first kappa shape index (κ1) is 23.4. The van der Waals surface area contributed by atoms with Crippen LogP contribution in [0.2, 0.25) is 0 Å². The Bertz CT molecular complexity index is 997. The summed E-state index contributed by atoms with van der Waals surface area (Å²) in [5.41, 5.74) is 2.59. The normalized spacial score (nSPS) is 9.33. The Morgan fingerprint density at radius 2 is 1.04 bits per heavy atom. The second-order valence-corrected chi connectivity index (χ2v) is 5.86. The molecule has 0 aromatic heterocycles. The summed E-state index contributed by atoms with van der Waals surface area (Å²) < 4.78 is 0. The van der Waals surface area contributed by atoms with E-state index < -0.39 is 0 Å². The number of benzene rings is 3. The molecule has 5 rings (SSSR count). The molecule has 27 heavy (non-hydrogen) atoms. The van der Waals surface area contributed by atoms with Gasteiger partial charge in [0.25, 0.3) is 0 Å². The molecule has 0 nitrogen and oxygen atoms in total. The number of rotatable bonds is 1. The first-order valence-electron chi connectivity index (χ1n) is 8.22. The van der Waals surface area contributed by atoms with Gasteiger partial charge in [-0.3, -0.25) is 0 Å². The van der Waals surface area contributed by atoms with Gasteiger partial charge in [0.2, 0.25) is 0 Å². The molecule has 0 unspecified atom stereocenters. The third-order valence-corrected chi connectivity index (χ3v) is 4.29. The topological polar surface area (TPSA) is 0 Å². The molecule has 0 saturated carbocycles. The van der Waals surface area contributed by atoms with E-state index in [0.717, 1.165) is 0 Å². The quantitative estimate of drug-likeness (QED) is 0.212. The third kappa shape index (κ3) is 5.42. The molecule has 0 radical (unpaired) electrons. The van der Waals surface area contributed by atoms with E-state index in [4.69, 9.17) is 0 Å². The Morgan fingerprint density at radius 1 is 0.519 bits per heavy atom. The van der Waals surface area contributed by atoms with E-state index in [0.29, 0.717) is 0 Å². The molecule has 0 bridgehead atoms. The van der Waals surface area contributed by atoms with Gasteiger partial charge >= 0.3 is 25.8 Å². The van der Waals surface area contributed by atoms with Crippen molar-refractivity contribution in [3.05, 3.63) is 109 Å². The average Bonchev–Trinajstić information content (AvgIpc) is 3.31. The smallest absolute Gasteiger partial charge is 1.00 e. The molecule has 3 heteroatoms. The summed E-state index contributed by atoms with van der Waals surface area (Å²) in [7, 11) is 0. The van der Waals surface area contributed by atoms with E-state index in [1.807, 2.05) is 6.07 Å². The predicted octanol–water partition coefficient (Wildman–Crippen LogP) is 0.790. The SMILES string of the molecule is [Cl-].[Cl-].[Hf+4].c1ccc(-c2ccc[cH-]2)cc1.c1ccc2c(c1)[cH-]c1ccccc12. The predicted molar refractivity (Wildman–Crippen MR) is 105 cm³/mol. The van der Waals surface area contributed by atoms with Crippen LogP contribution in [-0.2, 0) is 25.8 Å². The first-order valence-corrected chi connectivity index (χ1v) is 8.22. The Morgan fingerprint density at radius 3 is 1.56 bits per heavy atom. The van der Waals surface area contributed by atoms with Gasteiger partial charge in [-0.2, -0.15) is 23.8 Å². The summed E-state index contributed by atoms with van der Waals surface area (Å²) in [5, 5.41) is 5.39. The van der Waals surface area contributed by atoms with E-state index in [1.54, 1.807) is 0 Å². The standard InChI is InChI=1S/C13H9.C11H9.2ClH.Hf/c1-3-7-12-10(5-1)9-11-6-2-4-8-13(11)12;1-2-6-10(7-3-1)11-8-4-5-9-11;;;/h1-9H;1-9H;2*1H;/q2*-1;;;+4/p-2. The van der Waals surface area contributed by atoms with Crippen LogP contribution in [0.3, 0.4) is 0 Å². The molecule has 0 amide bonds. The minimum absolute atomic E-state index is 0. The van der Waals surface area contributed by atoms with Crippen molar-refractivity contribution in [3.63, 3.8) is 0 Å². The number of hydrogen-bond donors (Lipinski definition) is 0. The molecule has 0 saturated heterocycles. The van der Waals surface area contributed by atoms with Crippen LogP contribution in [0.4, 0.5) is 0 Å². The van der Waals surface area contributed by atoms with Crippen molar-refractivity contribution in [2.24, 2.45) is 0 Å². The maximum absolute atomic E-state index is 2.24. The Kier molecular flexibility index (Phi) is 9.73. The first-order chi connectivity index (χ1) is 11.9. The molecule has 5 aromatic carbocycles. The van der Waals surface area contributed by atoms with Gasteiger partial charge in [0, 0.05) is 0 Å². The maximum atomic E-state index is 2.24. The largest absolute Gasteiger partial charge is 4.00 e. The van der Waals surface area contributed by atoms with E-state index >= 15 is 0 Å². The van der Waals surface area contributed by atoms with E-state index in [9.17, 15) is 0 Å². The van der Waals surface area contributed by atoms with Crippen molar-refractivity contribution in [2.75, 3.05) is 0 Å². The molecule has 0 heterocycles. The van der Waals surface area contributed by atoms with Crippen LogP contribution in [0.1, 0.15) is 0 Å². The minimum Gasteiger partial charge on any atom is -1.00 e. The Hall–Kier alpha value is -1.67. The summed E-state index contributed by atoms with van der Waals surface area (Å²) in [6, 6.07) is 38.0. The van der Waals surface area contributed by atoms with Crippen molar-refractivity contribution in [1.29, 1.82) is 0 Å². The molecule has 0 aliphatic rings. The van der Waals surface area contributed by atoms with Crippen LogP contribution in [-0.4, -0.2) is 0 Å². The zero-order chi connectivity index (χ0) is 16.2. The van der Waals surface area contributed by atoms with Gasteiger partial charge in [0.1, 0.15) is 0 Å². The molecule has 132 valence electrons. The summed E-state index contributed by atoms with van der Waals surface area (Å²) in [6.07, 6.45) is 0. The molecular weight excluding hydrogens is 538 g/mol. The summed E-state index contributed by atoms with van der Waals surface area (Å²) in [6.45, 7) is 0. The molecule has 0 atom stereocenters. The van der Waals surface area contributed by atoms with Crippen LogP contribution in [0, 0.1) is 0 Å². The van der Waals surface area contributed by atoms with Crippen molar-refractivity contribution in [1.82, 2.24) is 0 Å². The van der Waals surface area contributed by atoms with Gasteiger partial charge in [0.15, 0.2) is 0 Å². The van der Waals surface area contributed by atoms with Gasteiger partial charge in [0.05, 0.1) is 0 Å². The Balaban J connectivity index is 0.000000246. The van der Waals surface area contributed by atoms with Crippen molar-refractivity contribution >= 4 is 21.5 Å². The van der Waals surface area contributed by atoms with E-state index in [1.165, 1.54) is 32.7 Å². The summed E-state index contributed by atoms with van der Waals surface area (Å²) in [4.78, 5) is 0. The fourth-order valence-electron chi connectivity index (χ4n) is 3.10. The monoisotopic (exact) mass is 556 g/mol. The van der Waals surface area contributed by atoms with E-state index in [-0.39, 0.29) is 50.7 Å². The number of fused-ring (bicyclic) bond motifs is 3. The van der Waals surface area contributed by atoms with Gasteiger partial charge in [-0.15, -0.1) is 51.4 Å². The van der Waals surface area contributed by atoms with Crippen molar-refractivity contribution in [3.8, 4) is 11.1 Å². The van der Waals surface area contributed by atoms with Crippen LogP contribution in [0.25, 0.3) is 32.7 Å². The second kappa shape index (κ2) is 11.2. The van der Waals surface area contributed by atoms with Crippen LogP contribution < -0.4 is 24.8 Å². The van der Waals surface area contributed by atoms with Crippen LogP contribution in [0.15, 0.2) is 109 Å². The molecule has 0 aliphatic heterocycles. The number of hydrogen-bond acceptors (Lipinski definition) is 0. The van der Waals surface area contributed by atoms with Crippen molar-refractivity contribution in [2.45, 2.75) is 0 Å². The molecule has 0 spiro atoms. The minimum atomic E-state index is 0. The fourth-order valence-corrected chi connectivity index (χ4v) is 3.10. The summed E-state index contributed by atoms with van der Waals surface area (Å²) in [5.74, 6) is 0. The number of halogens is 2. The molecular formula is C24H18Cl2Hf. The third-order valence-electron chi connectivity index (χ3n) is 4.29. The average molecular weight is 556 g/mol. The van der Waals surface area contributed by atoms with Gasteiger partial charge in [-0.25, -0.2) is 0 Å². The molecule has 5 aromatic rings. The fraction of sp³-hybridized carbons (Fsp3) is 0. The molecule has 0 N–H and O–H groups in total. The maximum Gasteiger partial charge on any atom is 4.00 e. The molecule has 0 fully saturated rings. The van der Waals surface area contributed by atoms with Crippen LogP contribution >= 0.6 is 0 Å². The summed E-state index contributed by atoms with van der Waals surface area (Å²) >= 11 is 0. The van der Waals surface area contributed by atoms with E-state index in [2.05, 4.69) is 103 Å². The zero-order valence-corrected chi connectivity index (χ0v) is 19.8. The van der Waals surface area contributed by atoms with Gasteiger partial charge in [-0.05, 0) is 0 Å². The Labute approximate surface area is 191 Å². The zero-order valence-electron chi connectivity index (χ0n) is 14.6. The van der Waals surface area contributed by atoms with Crippen molar-refractivity contribution < 1.29 is 50.7 Å².